The molecule has 1 N–H and O–H groups in total. The van der Waals surface area contributed by atoms with Gasteiger partial charge in [-0.3, -0.25) is 0 Å². The Morgan fingerprint density at radius 3 is 2.50 bits per heavy atom. The van der Waals surface area contributed by atoms with Crippen LogP contribution in [0, 0.1) is 45.3 Å². The molecule has 0 radical (unpaired) electrons. The Morgan fingerprint density at radius 1 is 1.02 bits per heavy atom. The fraction of sp³-hybridized carbons (Fsp3) is 0.919. The predicted molar refractivity (Wildman–Crippen MR) is 171 cm³/mol. The molecule has 0 bridgehead atoms. The van der Waals surface area contributed by atoms with Crippen LogP contribution >= 0.6 is 0 Å². The van der Waals surface area contributed by atoms with Gasteiger partial charge in [-0.05, 0) is 143 Å². The van der Waals surface area contributed by atoms with E-state index in [-0.39, 0.29) is 31.2 Å². The summed E-state index contributed by atoms with van der Waals surface area (Å²) in [6.45, 7) is 20.6. The first-order valence-electron chi connectivity index (χ1n) is 17.9. The van der Waals surface area contributed by atoms with Crippen molar-refractivity contribution in [3.8, 4) is 0 Å². The number of ether oxygens (including phenoxy) is 4. The molecule has 1 amide bonds. The maximum absolute atomic E-state index is 12.8. The Kier molecular flexibility index (Phi) is 7.45. The molecule has 7 fully saturated rings. The number of fused-ring (bicyclic) bond motifs is 4. The summed E-state index contributed by atoms with van der Waals surface area (Å²) in [5.74, 6) is 2.82. The van der Waals surface area contributed by atoms with Gasteiger partial charge in [0.1, 0.15) is 11.7 Å². The summed E-state index contributed by atoms with van der Waals surface area (Å²) in [5, 5.41) is 10.7. The highest BCUT2D eigenvalue weighted by molar-refractivity contribution is 5.68. The number of aliphatic hydroxyl groups is 1. The van der Waals surface area contributed by atoms with Gasteiger partial charge < -0.3 is 29.0 Å². The van der Waals surface area contributed by atoms with Gasteiger partial charge in [0.25, 0.3) is 0 Å². The predicted octanol–water partition coefficient (Wildman–Crippen LogP) is 7.35. The van der Waals surface area contributed by atoms with E-state index in [9.17, 15) is 9.90 Å². The Bertz CT molecular complexity index is 1170. The molecule has 7 heteroatoms. The van der Waals surface area contributed by atoms with Crippen molar-refractivity contribution in [1.29, 1.82) is 0 Å². The summed E-state index contributed by atoms with van der Waals surface area (Å²) in [5.41, 5.74) is 1.67. The third kappa shape index (κ3) is 4.67. The molecule has 0 aromatic heterocycles. The van der Waals surface area contributed by atoms with Crippen LogP contribution in [0.15, 0.2) is 12.2 Å². The smallest absolute Gasteiger partial charge is 0.410 e. The number of carbonyl (C=O) groups is 1. The number of nitrogens with zero attached hydrogens (tertiary/aromatic N) is 1. The lowest BCUT2D eigenvalue weighted by Crippen LogP contribution is -2.56. The molecule has 7 rings (SSSR count). The van der Waals surface area contributed by atoms with Crippen LogP contribution in [-0.2, 0) is 18.9 Å². The van der Waals surface area contributed by atoms with E-state index in [1.54, 1.807) is 4.90 Å². The molecular formula is C37H61NO6. The van der Waals surface area contributed by atoms with Crippen LogP contribution in [0.1, 0.15) is 114 Å². The van der Waals surface area contributed by atoms with E-state index in [2.05, 4.69) is 27.4 Å². The molecule has 5 saturated carbocycles. The van der Waals surface area contributed by atoms with Crippen LogP contribution in [-0.4, -0.2) is 72.1 Å². The fourth-order valence-electron chi connectivity index (χ4n) is 12.4. The highest BCUT2D eigenvalue weighted by Crippen LogP contribution is 2.87. The second kappa shape index (κ2) is 10.4. The van der Waals surface area contributed by atoms with Gasteiger partial charge in [-0.25, -0.2) is 4.79 Å². The maximum Gasteiger partial charge on any atom is 0.410 e. The number of rotatable bonds is 4. The van der Waals surface area contributed by atoms with Gasteiger partial charge in [0.15, 0.2) is 6.29 Å². The highest BCUT2D eigenvalue weighted by Gasteiger charge is 2.80. The average Bonchev–Trinajstić information content (AvgIpc) is 3.53. The van der Waals surface area contributed by atoms with Crippen LogP contribution < -0.4 is 0 Å². The molecule has 250 valence electrons. The van der Waals surface area contributed by atoms with E-state index in [0.29, 0.717) is 47.8 Å². The highest BCUT2D eigenvalue weighted by atomic mass is 16.7. The van der Waals surface area contributed by atoms with Crippen molar-refractivity contribution in [2.75, 3.05) is 19.7 Å². The minimum atomic E-state index is -0.543. The summed E-state index contributed by atoms with van der Waals surface area (Å²) in [4.78, 5) is 14.5. The van der Waals surface area contributed by atoms with E-state index >= 15 is 0 Å². The molecule has 12 atom stereocenters. The van der Waals surface area contributed by atoms with E-state index in [4.69, 9.17) is 18.9 Å². The van der Waals surface area contributed by atoms with Crippen molar-refractivity contribution in [3.63, 3.8) is 0 Å². The zero-order valence-electron chi connectivity index (χ0n) is 28.5. The second-order valence-corrected chi connectivity index (χ2v) is 18.0. The number of morpholine rings is 1. The lowest BCUT2D eigenvalue weighted by Gasteiger charge is -2.60. The Morgan fingerprint density at radius 2 is 1.77 bits per heavy atom. The van der Waals surface area contributed by atoms with E-state index < -0.39 is 18.0 Å². The monoisotopic (exact) mass is 615 g/mol. The summed E-state index contributed by atoms with van der Waals surface area (Å²) in [6.07, 6.45) is 11.5. The van der Waals surface area contributed by atoms with Crippen molar-refractivity contribution in [2.45, 2.75) is 149 Å². The molecule has 44 heavy (non-hydrogen) atoms. The largest absolute Gasteiger partial charge is 0.444 e. The van der Waals surface area contributed by atoms with Crippen molar-refractivity contribution in [2.24, 2.45) is 45.3 Å². The molecule has 7 unspecified atom stereocenters. The molecule has 2 spiro atoms. The zero-order valence-corrected chi connectivity index (χ0v) is 28.5. The molecule has 0 aromatic carbocycles. The van der Waals surface area contributed by atoms with Crippen molar-refractivity contribution < 1.29 is 30.3 Å². The minimum absolute atomic E-state index is 0. The zero-order chi connectivity index (χ0) is 31.4. The van der Waals surface area contributed by atoms with Gasteiger partial charge in [-0.2, -0.15) is 0 Å². The van der Waals surface area contributed by atoms with Crippen LogP contribution in [0.4, 0.5) is 4.79 Å². The van der Waals surface area contributed by atoms with E-state index in [1.807, 2.05) is 27.7 Å². The minimum Gasteiger partial charge on any atom is -0.444 e. The van der Waals surface area contributed by atoms with Crippen LogP contribution in [0.2, 0.25) is 0 Å². The Hall–Kier alpha value is -1.15. The summed E-state index contributed by atoms with van der Waals surface area (Å²) in [6, 6.07) is 0. The van der Waals surface area contributed by atoms with Gasteiger partial charge in [0.05, 0.1) is 31.5 Å². The Balaban J connectivity index is 0.00000357. The third-order valence-electron chi connectivity index (χ3n) is 14.4. The first-order valence-corrected chi connectivity index (χ1v) is 17.9. The molecule has 7 aliphatic rings. The number of hydrogen-bond acceptors (Lipinski definition) is 6. The molecule has 0 aromatic rings. The normalized spacial score (nSPS) is 48.1. The van der Waals surface area contributed by atoms with Crippen molar-refractivity contribution in [3.05, 3.63) is 12.2 Å². The standard InChI is InChI=1S/C37H59NO6.H2/c1-22(2)31(39)26-11-9-24-27(42-26)19-25-23-10-12-28-34(6,7)29(13-14-37(28)21-36(23,37)16-15-35(24,25)8)43-30-20-38(17-18-41-30)32(40)44-33(3,4)5;/h23-31,39H,1,9-21H2,2-8H3;1H/t23?,24?,25?,26?,27?,28?,29-,30?,31+,35+,36-,37+;/m0./s1. The number of aliphatic hydroxyl groups excluding tert-OH is 1. The average molecular weight is 616 g/mol. The lowest BCUT2D eigenvalue weighted by molar-refractivity contribution is -0.243. The molecular weight excluding hydrogens is 554 g/mol. The third-order valence-corrected chi connectivity index (χ3v) is 14.4. The van der Waals surface area contributed by atoms with Gasteiger partial charge >= 0.3 is 6.09 Å². The number of carbonyl (C=O) groups excluding carboxylic acids is 1. The quantitative estimate of drug-likeness (QED) is 0.333. The van der Waals surface area contributed by atoms with Crippen LogP contribution in [0.5, 0.6) is 0 Å². The number of amides is 1. The maximum atomic E-state index is 12.8. The lowest BCUT2D eigenvalue weighted by atomic mass is 9.46. The first kappa shape index (κ1) is 31.4. The Labute approximate surface area is 267 Å². The number of hydrogen-bond donors (Lipinski definition) is 1. The SMILES string of the molecule is C=C(C)[C@@H](O)C1CCC2C(CC3C4CCC5C(C)(C)[C@@H](OC6CN(C(=O)OC(C)(C)C)CCO6)CC[C@@]56C[C@@]46CC[C@]23C)O1.[HH]. The molecule has 2 heterocycles. The van der Waals surface area contributed by atoms with E-state index in [1.165, 1.54) is 51.4 Å². The van der Waals surface area contributed by atoms with Crippen LogP contribution in [0.25, 0.3) is 0 Å². The summed E-state index contributed by atoms with van der Waals surface area (Å²) >= 11 is 0. The van der Waals surface area contributed by atoms with Crippen molar-refractivity contribution in [1.82, 2.24) is 4.90 Å². The van der Waals surface area contributed by atoms with Gasteiger partial charge in [0, 0.05) is 7.97 Å². The molecule has 2 saturated heterocycles. The van der Waals surface area contributed by atoms with Gasteiger partial charge in [-0.15, -0.1) is 0 Å². The van der Waals surface area contributed by atoms with Gasteiger partial charge in [0.2, 0.25) is 0 Å². The molecule has 7 nitrogen and oxygen atoms in total. The fourth-order valence-corrected chi connectivity index (χ4v) is 12.4. The summed E-state index contributed by atoms with van der Waals surface area (Å²) < 4.78 is 25.2. The second-order valence-electron chi connectivity index (χ2n) is 18.0. The topological polar surface area (TPSA) is 77.5 Å². The first-order chi connectivity index (χ1) is 20.6. The van der Waals surface area contributed by atoms with Gasteiger partial charge in [-0.1, -0.05) is 27.4 Å². The molecule has 2 aliphatic heterocycles. The molecule has 5 aliphatic carbocycles. The van der Waals surface area contributed by atoms with Crippen molar-refractivity contribution >= 4 is 6.09 Å². The van der Waals surface area contributed by atoms with E-state index in [0.717, 1.165) is 30.3 Å². The van der Waals surface area contributed by atoms with Crippen LogP contribution in [0.3, 0.4) is 0 Å². The summed E-state index contributed by atoms with van der Waals surface area (Å²) in [7, 11) is 0.